The maximum Gasteiger partial charge on any atom is 0.303 e. The van der Waals surface area contributed by atoms with Crippen molar-refractivity contribution in [2.75, 3.05) is 20.2 Å². The fourth-order valence-electron chi connectivity index (χ4n) is 2.31. The Hall–Kier alpha value is -2.39. The molecular weight excluding hydrogens is 388 g/mol. The highest BCUT2D eigenvalue weighted by molar-refractivity contribution is 8.26. The number of hydrogen-bond acceptors (Lipinski definition) is 6. The lowest BCUT2D eigenvalue weighted by atomic mass is 10.2. The predicted molar refractivity (Wildman–Crippen MR) is 107 cm³/mol. The highest BCUT2D eigenvalue weighted by Gasteiger charge is 2.32. The van der Waals surface area contributed by atoms with E-state index < -0.39 is 5.97 Å². The van der Waals surface area contributed by atoms with Gasteiger partial charge >= 0.3 is 5.97 Å². The Labute approximate surface area is 166 Å². The molecule has 1 aromatic carbocycles. The van der Waals surface area contributed by atoms with E-state index in [2.05, 4.69) is 5.32 Å². The molecular formula is C18H20N2O5S2. The first-order valence-electron chi connectivity index (χ1n) is 8.28. The van der Waals surface area contributed by atoms with Crippen molar-refractivity contribution in [2.24, 2.45) is 0 Å². The van der Waals surface area contributed by atoms with Gasteiger partial charge in [-0.05, 0) is 30.2 Å². The molecule has 2 rings (SSSR count). The van der Waals surface area contributed by atoms with Gasteiger partial charge in [0.05, 0.1) is 12.0 Å². The van der Waals surface area contributed by atoms with E-state index in [1.165, 1.54) is 16.7 Å². The molecule has 0 unspecified atom stereocenters. The monoisotopic (exact) mass is 408 g/mol. The van der Waals surface area contributed by atoms with Crippen LogP contribution in [0.3, 0.4) is 0 Å². The number of carboxylic acids is 1. The van der Waals surface area contributed by atoms with Gasteiger partial charge in [0.15, 0.2) is 0 Å². The van der Waals surface area contributed by atoms with Gasteiger partial charge in [-0.15, -0.1) is 0 Å². The Bertz CT molecular complexity index is 762. The first kappa shape index (κ1) is 20.9. The van der Waals surface area contributed by atoms with Gasteiger partial charge in [-0.1, -0.05) is 36.1 Å². The van der Waals surface area contributed by atoms with Crippen LogP contribution in [0.15, 0.2) is 29.2 Å². The molecule has 7 nitrogen and oxygen atoms in total. The van der Waals surface area contributed by atoms with Crippen molar-refractivity contribution in [2.45, 2.75) is 19.3 Å². The second-order valence-corrected chi connectivity index (χ2v) is 7.38. The van der Waals surface area contributed by atoms with Gasteiger partial charge in [-0.2, -0.15) is 0 Å². The molecule has 2 amide bonds. The highest BCUT2D eigenvalue weighted by Crippen LogP contribution is 2.32. The molecule has 1 aromatic rings. The van der Waals surface area contributed by atoms with E-state index in [4.69, 9.17) is 22.1 Å². The fourth-order valence-corrected chi connectivity index (χ4v) is 3.62. The second-order valence-electron chi connectivity index (χ2n) is 5.70. The largest absolute Gasteiger partial charge is 0.497 e. The van der Waals surface area contributed by atoms with E-state index >= 15 is 0 Å². The van der Waals surface area contributed by atoms with Crippen molar-refractivity contribution in [3.05, 3.63) is 34.7 Å². The van der Waals surface area contributed by atoms with Gasteiger partial charge in [0, 0.05) is 25.9 Å². The van der Waals surface area contributed by atoms with Crippen molar-refractivity contribution in [1.29, 1.82) is 0 Å². The minimum Gasteiger partial charge on any atom is -0.497 e. The summed E-state index contributed by atoms with van der Waals surface area (Å²) in [5.41, 5.74) is 0.854. The van der Waals surface area contributed by atoms with E-state index in [9.17, 15) is 14.4 Å². The SMILES string of the molecule is COc1ccc(C=C2SC(=S)N(CCC(=O)NCCCC(=O)O)C2=O)cc1. The van der Waals surface area contributed by atoms with Crippen LogP contribution in [-0.4, -0.2) is 52.3 Å². The Kier molecular flexibility index (Phi) is 7.81. The number of aliphatic carboxylic acids is 1. The zero-order valence-electron chi connectivity index (χ0n) is 14.8. The number of rotatable bonds is 9. The Morgan fingerprint density at radius 2 is 2.00 bits per heavy atom. The number of amides is 2. The van der Waals surface area contributed by atoms with Crippen LogP contribution >= 0.6 is 24.0 Å². The molecule has 0 saturated carbocycles. The standard InChI is InChI=1S/C18H20N2O5S2/c1-25-13-6-4-12(5-7-13)11-14-17(24)20(18(26)27-14)10-8-15(21)19-9-2-3-16(22)23/h4-7,11H,2-3,8-10H2,1H3,(H,19,21)(H,22,23). The quantitative estimate of drug-likeness (QED) is 0.368. The van der Waals surface area contributed by atoms with Crippen molar-refractivity contribution in [3.8, 4) is 5.75 Å². The van der Waals surface area contributed by atoms with Crippen LogP contribution in [0, 0.1) is 0 Å². The third kappa shape index (κ3) is 6.37. The summed E-state index contributed by atoms with van der Waals surface area (Å²) >= 11 is 6.45. The molecule has 0 bridgehead atoms. The summed E-state index contributed by atoms with van der Waals surface area (Å²) < 4.78 is 5.52. The van der Waals surface area contributed by atoms with Crippen LogP contribution in [0.4, 0.5) is 0 Å². The van der Waals surface area contributed by atoms with E-state index in [1.807, 2.05) is 12.1 Å². The lowest BCUT2D eigenvalue weighted by molar-refractivity contribution is -0.137. The maximum absolute atomic E-state index is 12.5. The minimum atomic E-state index is -0.898. The summed E-state index contributed by atoms with van der Waals surface area (Å²) in [5, 5.41) is 11.2. The average molecular weight is 409 g/mol. The van der Waals surface area contributed by atoms with Crippen molar-refractivity contribution < 1.29 is 24.2 Å². The molecule has 1 aliphatic rings. The van der Waals surface area contributed by atoms with Crippen molar-refractivity contribution in [3.63, 3.8) is 0 Å². The number of benzene rings is 1. The van der Waals surface area contributed by atoms with Gasteiger partial charge in [0.25, 0.3) is 5.91 Å². The fraction of sp³-hybridized carbons (Fsp3) is 0.333. The zero-order chi connectivity index (χ0) is 19.8. The molecule has 0 spiro atoms. The summed E-state index contributed by atoms with van der Waals surface area (Å²) in [5.74, 6) is -0.632. The number of carbonyl (C=O) groups excluding carboxylic acids is 2. The summed E-state index contributed by atoms with van der Waals surface area (Å²) in [7, 11) is 1.59. The second kappa shape index (κ2) is 10.1. The zero-order valence-corrected chi connectivity index (χ0v) is 16.4. The van der Waals surface area contributed by atoms with E-state index in [0.717, 1.165) is 11.3 Å². The maximum atomic E-state index is 12.5. The van der Waals surface area contributed by atoms with Crippen molar-refractivity contribution >= 4 is 52.2 Å². The number of methoxy groups -OCH3 is 1. The molecule has 0 atom stereocenters. The number of carboxylic acid groups (broad SMARTS) is 1. The van der Waals surface area contributed by atoms with Crippen LogP contribution in [-0.2, 0) is 14.4 Å². The van der Waals surface area contributed by atoms with Crippen LogP contribution in [0.25, 0.3) is 6.08 Å². The molecule has 1 aliphatic heterocycles. The van der Waals surface area contributed by atoms with Crippen LogP contribution in [0.5, 0.6) is 5.75 Å². The predicted octanol–water partition coefficient (Wildman–Crippen LogP) is 2.27. The molecule has 9 heteroatoms. The number of thiocarbonyl (C=S) groups is 1. The van der Waals surface area contributed by atoms with Gasteiger partial charge in [0.2, 0.25) is 5.91 Å². The number of ether oxygens (including phenoxy) is 1. The topological polar surface area (TPSA) is 95.9 Å². The third-order valence-electron chi connectivity index (χ3n) is 3.74. The van der Waals surface area contributed by atoms with E-state index in [0.29, 0.717) is 22.2 Å². The summed E-state index contributed by atoms with van der Waals surface area (Å²) in [6, 6.07) is 7.30. The van der Waals surface area contributed by atoms with Gasteiger partial charge in [0.1, 0.15) is 10.1 Å². The van der Waals surface area contributed by atoms with Gasteiger partial charge in [-0.25, -0.2) is 0 Å². The van der Waals surface area contributed by atoms with Crippen LogP contribution < -0.4 is 10.1 Å². The molecule has 0 radical (unpaired) electrons. The molecule has 27 heavy (non-hydrogen) atoms. The van der Waals surface area contributed by atoms with Gasteiger partial charge < -0.3 is 15.2 Å². The lowest BCUT2D eigenvalue weighted by Crippen LogP contribution is -2.33. The third-order valence-corrected chi connectivity index (χ3v) is 5.12. The summed E-state index contributed by atoms with van der Waals surface area (Å²) in [6.07, 6.45) is 2.23. The first-order valence-corrected chi connectivity index (χ1v) is 9.51. The smallest absolute Gasteiger partial charge is 0.303 e. The molecule has 1 saturated heterocycles. The molecule has 2 N–H and O–H groups in total. The Morgan fingerprint density at radius 1 is 1.30 bits per heavy atom. The lowest BCUT2D eigenvalue weighted by Gasteiger charge is -2.14. The number of nitrogens with zero attached hydrogens (tertiary/aromatic N) is 1. The summed E-state index contributed by atoms with van der Waals surface area (Å²) in [4.78, 5) is 36.7. The number of nitrogens with one attached hydrogen (secondary N) is 1. The van der Waals surface area contributed by atoms with Gasteiger partial charge in [-0.3, -0.25) is 19.3 Å². The molecule has 0 aliphatic carbocycles. The number of thioether (sulfide) groups is 1. The highest BCUT2D eigenvalue weighted by atomic mass is 32.2. The average Bonchev–Trinajstić information content (AvgIpc) is 2.90. The van der Waals surface area contributed by atoms with Crippen LogP contribution in [0.1, 0.15) is 24.8 Å². The first-order chi connectivity index (χ1) is 12.9. The molecule has 1 heterocycles. The molecule has 144 valence electrons. The Morgan fingerprint density at radius 3 is 2.63 bits per heavy atom. The summed E-state index contributed by atoms with van der Waals surface area (Å²) in [6.45, 7) is 0.482. The van der Waals surface area contributed by atoms with E-state index in [-0.39, 0.29) is 31.2 Å². The van der Waals surface area contributed by atoms with E-state index in [1.54, 1.807) is 25.3 Å². The van der Waals surface area contributed by atoms with Crippen molar-refractivity contribution in [1.82, 2.24) is 10.2 Å². The molecule has 0 aromatic heterocycles. The molecule has 1 fully saturated rings. The number of carbonyl (C=O) groups is 3. The van der Waals surface area contributed by atoms with Crippen LogP contribution in [0.2, 0.25) is 0 Å². The normalized spacial score (nSPS) is 15.3. The Balaban J connectivity index is 1.86. The number of hydrogen-bond donors (Lipinski definition) is 2. The minimum absolute atomic E-state index is 0.00509.